The summed E-state index contributed by atoms with van der Waals surface area (Å²) in [5.74, 6) is 0.601. The van der Waals surface area contributed by atoms with Crippen LogP contribution < -0.4 is 20.1 Å². The molecule has 25 heavy (non-hydrogen) atoms. The van der Waals surface area contributed by atoms with Crippen LogP contribution in [0.4, 0.5) is 11.4 Å². The molecule has 0 aromatic heterocycles. The first-order chi connectivity index (χ1) is 12.1. The van der Waals surface area contributed by atoms with Gasteiger partial charge in [-0.05, 0) is 30.3 Å². The zero-order valence-electron chi connectivity index (χ0n) is 13.7. The number of nitrogens with zero attached hydrogens (tertiary/aromatic N) is 1. The van der Waals surface area contributed by atoms with Crippen LogP contribution in [0, 0.1) is 11.3 Å². The highest BCUT2D eigenvalue weighted by molar-refractivity contribution is 6.32. The fourth-order valence-electron chi connectivity index (χ4n) is 1.96. The van der Waals surface area contributed by atoms with Crippen molar-refractivity contribution in [2.24, 2.45) is 0 Å². The number of carbonyl (C=O) groups excluding carboxylic acids is 1. The highest BCUT2D eigenvalue weighted by Crippen LogP contribution is 2.27. The summed E-state index contributed by atoms with van der Waals surface area (Å²) in [6.07, 6.45) is 1.33. The number of anilines is 2. The van der Waals surface area contributed by atoms with Gasteiger partial charge in [-0.3, -0.25) is 4.79 Å². The van der Waals surface area contributed by atoms with E-state index in [9.17, 15) is 10.1 Å². The predicted molar refractivity (Wildman–Crippen MR) is 96.9 cm³/mol. The molecular weight excluding hydrogens is 342 g/mol. The first-order valence-electron chi connectivity index (χ1n) is 7.23. The minimum atomic E-state index is -0.556. The smallest absolute Gasteiger partial charge is 0.267 e. The molecule has 2 aromatic rings. The van der Waals surface area contributed by atoms with Gasteiger partial charge in [-0.15, -0.1) is 0 Å². The molecule has 0 aliphatic heterocycles. The third kappa shape index (κ3) is 4.90. The molecule has 6 nitrogen and oxygen atoms in total. The van der Waals surface area contributed by atoms with E-state index in [1.807, 2.05) is 6.07 Å². The minimum absolute atomic E-state index is 0.0882. The maximum absolute atomic E-state index is 12.2. The minimum Gasteiger partial charge on any atom is -0.497 e. The molecule has 2 rings (SSSR count). The van der Waals surface area contributed by atoms with E-state index >= 15 is 0 Å². The van der Waals surface area contributed by atoms with Crippen molar-refractivity contribution >= 4 is 28.9 Å². The zero-order valence-corrected chi connectivity index (χ0v) is 14.4. The Morgan fingerprint density at radius 2 is 1.96 bits per heavy atom. The van der Waals surface area contributed by atoms with E-state index < -0.39 is 5.91 Å². The SMILES string of the molecule is COc1cccc(N/C=C(/C#N)C(=O)Nc2ccc(OC)c(Cl)c2)c1. The van der Waals surface area contributed by atoms with Crippen LogP contribution in [0.2, 0.25) is 5.02 Å². The molecule has 0 atom stereocenters. The third-order valence-electron chi connectivity index (χ3n) is 3.23. The molecule has 1 amide bonds. The number of ether oxygens (including phenoxy) is 2. The standard InChI is InChI=1S/C18H16ClN3O3/c1-24-15-5-3-4-13(8-15)21-11-12(10-20)18(23)22-14-6-7-17(25-2)16(19)9-14/h3-9,11,21H,1-2H3,(H,22,23)/b12-11-. The Bertz CT molecular complexity index is 844. The molecule has 0 aliphatic carbocycles. The van der Waals surface area contributed by atoms with E-state index in [0.717, 1.165) is 0 Å². The van der Waals surface area contributed by atoms with E-state index in [1.54, 1.807) is 49.6 Å². The summed E-state index contributed by atoms with van der Waals surface area (Å²) in [6, 6.07) is 13.8. The maximum atomic E-state index is 12.2. The number of carbonyl (C=O) groups is 1. The largest absolute Gasteiger partial charge is 0.497 e. The monoisotopic (exact) mass is 357 g/mol. The van der Waals surface area contributed by atoms with Crippen molar-refractivity contribution < 1.29 is 14.3 Å². The summed E-state index contributed by atoms with van der Waals surface area (Å²) in [5.41, 5.74) is 1.06. The van der Waals surface area contributed by atoms with Crippen LogP contribution in [-0.2, 0) is 4.79 Å². The molecule has 2 N–H and O–H groups in total. The second-order valence-corrected chi connectivity index (χ2v) is 5.26. The van der Waals surface area contributed by atoms with Gasteiger partial charge in [0.25, 0.3) is 5.91 Å². The van der Waals surface area contributed by atoms with E-state index in [4.69, 9.17) is 21.1 Å². The van der Waals surface area contributed by atoms with E-state index in [1.165, 1.54) is 13.3 Å². The van der Waals surface area contributed by atoms with Crippen LogP contribution in [0.1, 0.15) is 0 Å². The highest BCUT2D eigenvalue weighted by Gasteiger charge is 2.11. The normalized spacial score (nSPS) is 10.6. The third-order valence-corrected chi connectivity index (χ3v) is 3.52. The first-order valence-corrected chi connectivity index (χ1v) is 7.61. The first kappa shape index (κ1) is 18.2. The molecule has 7 heteroatoms. The Morgan fingerprint density at radius 1 is 1.16 bits per heavy atom. The highest BCUT2D eigenvalue weighted by atomic mass is 35.5. The van der Waals surface area contributed by atoms with Crippen LogP contribution in [0.25, 0.3) is 0 Å². The average Bonchev–Trinajstić information content (AvgIpc) is 2.62. The maximum Gasteiger partial charge on any atom is 0.267 e. The molecule has 0 saturated carbocycles. The lowest BCUT2D eigenvalue weighted by atomic mass is 10.2. The second kappa shape index (κ2) is 8.62. The van der Waals surface area contributed by atoms with Crippen LogP contribution in [0.15, 0.2) is 54.2 Å². The molecule has 0 saturated heterocycles. The van der Waals surface area contributed by atoms with Crippen LogP contribution in [0.5, 0.6) is 11.5 Å². The van der Waals surface area contributed by atoms with Crippen molar-refractivity contribution in [2.75, 3.05) is 24.9 Å². The number of hydrogen-bond acceptors (Lipinski definition) is 5. The fraction of sp³-hybridized carbons (Fsp3) is 0.111. The molecule has 0 aliphatic rings. The number of nitriles is 1. The Labute approximate surface area is 150 Å². The lowest BCUT2D eigenvalue weighted by Crippen LogP contribution is -2.14. The van der Waals surface area contributed by atoms with Crippen molar-refractivity contribution in [1.82, 2.24) is 0 Å². The van der Waals surface area contributed by atoms with Gasteiger partial charge in [0.1, 0.15) is 23.1 Å². The van der Waals surface area contributed by atoms with Gasteiger partial charge in [-0.2, -0.15) is 5.26 Å². The Balaban J connectivity index is 2.10. The summed E-state index contributed by atoms with van der Waals surface area (Å²) >= 11 is 6.02. The zero-order chi connectivity index (χ0) is 18.2. The second-order valence-electron chi connectivity index (χ2n) is 4.85. The van der Waals surface area contributed by atoms with Crippen molar-refractivity contribution in [3.63, 3.8) is 0 Å². The van der Waals surface area contributed by atoms with Crippen LogP contribution in [0.3, 0.4) is 0 Å². The molecule has 0 unspecified atom stereocenters. The number of benzene rings is 2. The summed E-state index contributed by atoms with van der Waals surface area (Å²) in [7, 11) is 3.06. The van der Waals surface area contributed by atoms with E-state index in [-0.39, 0.29) is 5.57 Å². The lowest BCUT2D eigenvalue weighted by molar-refractivity contribution is -0.112. The fourth-order valence-corrected chi connectivity index (χ4v) is 2.22. The number of amides is 1. The van der Waals surface area contributed by atoms with Crippen molar-refractivity contribution in [1.29, 1.82) is 5.26 Å². The molecule has 0 radical (unpaired) electrons. The molecule has 0 fully saturated rings. The average molecular weight is 358 g/mol. The topological polar surface area (TPSA) is 83.4 Å². The summed E-state index contributed by atoms with van der Waals surface area (Å²) in [4.78, 5) is 12.2. The molecule has 2 aromatic carbocycles. The van der Waals surface area contributed by atoms with Gasteiger partial charge < -0.3 is 20.1 Å². The van der Waals surface area contributed by atoms with Gasteiger partial charge in [0.05, 0.1) is 19.2 Å². The number of hydrogen-bond donors (Lipinski definition) is 2. The van der Waals surface area contributed by atoms with Gasteiger partial charge in [-0.25, -0.2) is 0 Å². The Hall–Kier alpha value is -3.17. The molecule has 0 heterocycles. The van der Waals surface area contributed by atoms with Gasteiger partial charge in [0, 0.05) is 23.6 Å². The van der Waals surface area contributed by atoms with Gasteiger partial charge >= 0.3 is 0 Å². The van der Waals surface area contributed by atoms with Gasteiger partial charge in [0.2, 0.25) is 0 Å². The quantitative estimate of drug-likeness (QED) is 0.606. The predicted octanol–water partition coefficient (Wildman–Crippen LogP) is 3.82. The Kier molecular flexibility index (Phi) is 6.26. The van der Waals surface area contributed by atoms with Crippen molar-refractivity contribution in [3.05, 3.63) is 59.3 Å². The summed E-state index contributed by atoms with van der Waals surface area (Å²) in [6.45, 7) is 0. The van der Waals surface area contributed by atoms with E-state index in [0.29, 0.717) is 27.9 Å². The number of methoxy groups -OCH3 is 2. The van der Waals surface area contributed by atoms with Crippen LogP contribution >= 0.6 is 11.6 Å². The molecule has 0 bridgehead atoms. The van der Waals surface area contributed by atoms with Gasteiger partial charge in [-0.1, -0.05) is 17.7 Å². The number of nitrogens with one attached hydrogen (secondary N) is 2. The molecular formula is C18H16ClN3O3. The molecule has 0 spiro atoms. The summed E-state index contributed by atoms with van der Waals surface area (Å²) < 4.78 is 10.2. The van der Waals surface area contributed by atoms with Gasteiger partial charge in [0.15, 0.2) is 0 Å². The number of halogens is 1. The Morgan fingerprint density at radius 3 is 2.60 bits per heavy atom. The van der Waals surface area contributed by atoms with E-state index in [2.05, 4.69) is 10.6 Å². The molecule has 128 valence electrons. The lowest BCUT2D eigenvalue weighted by Gasteiger charge is -2.08. The van der Waals surface area contributed by atoms with Crippen molar-refractivity contribution in [3.8, 4) is 17.6 Å². The van der Waals surface area contributed by atoms with Crippen LogP contribution in [-0.4, -0.2) is 20.1 Å². The summed E-state index contributed by atoms with van der Waals surface area (Å²) in [5, 5.41) is 15.1. The van der Waals surface area contributed by atoms with Crippen molar-refractivity contribution in [2.45, 2.75) is 0 Å². The number of rotatable bonds is 6.